The number of aliphatic hydroxyl groups is 1. The number of fused-ring (bicyclic) bond motifs is 1. The molecule has 0 saturated carbocycles. The second kappa shape index (κ2) is 11.7. The predicted molar refractivity (Wildman–Crippen MR) is 132 cm³/mol. The van der Waals surface area contributed by atoms with Crippen molar-refractivity contribution in [2.45, 2.75) is 82.5 Å². The third-order valence-electron chi connectivity index (χ3n) is 7.81. The topological polar surface area (TPSA) is 96.4 Å². The minimum atomic E-state index is -1.04. The molecule has 3 aliphatic heterocycles. The van der Waals surface area contributed by atoms with Crippen molar-refractivity contribution in [2.24, 2.45) is 11.8 Å². The maximum absolute atomic E-state index is 14.0. The van der Waals surface area contributed by atoms with Crippen LogP contribution in [0.1, 0.15) is 65.2 Å². The number of hydrogen-bond donors (Lipinski definition) is 1. The van der Waals surface area contributed by atoms with E-state index in [-0.39, 0.29) is 25.0 Å². The largest absolute Gasteiger partial charge is 0.465 e. The number of rotatable bonds is 15. The lowest BCUT2D eigenvalue weighted by Crippen LogP contribution is -2.56. The van der Waals surface area contributed by atoms with Crippen molar-refractivity contribution in [2.75, 3.05) is 32.8 Å². The molecule has 0 aromatic rings. The summed E-state index contributed by atoms with van der Waals surface area (Å²) in [5, 5.41) is 9.29. The van der Waals surface area contributed by atoms with E-state index in [1.54, 1.807) is 22.0 Å². The van der Waals surface area contributed by atoms with Gasteiger partial charge < -0.3 is 24.4 Å². The van der Waals surface area contributed by atoms with Crippen LogP contribution in [0.15, 0.2) is 25.3 Å². The number of carbonyl (C=O) groups excluding carboxylic acids is 3. The maximum Gasteiger partial charge on any atom is 0.312 e. The van der Waals surface area contributed by atoms with Gasteiger partial charge >= 0.3 is 5.97 Å². The standard InChI is InChI=1S/C27H42N2O6/c1-5-8-12-19-34-25(33)21-20-23(31)29(17-10-11-18-30)22(27(20)14-13-26(21,4)35-27)24(32)28(15-7-3)16-9-6-2/h5,7,20-22,30H,1,3,6,8-19H2,2,4H3/t20-,21+,22?,26-,27?/m0/s1. The van der Waals surface area contributed by atoms with E-state index in [1.807, 2.05) is 6.92 Å². The quantitative estimate of drug-likeness (QED) is 0.215. The number of amides is 2. The van der Waals surface area contributed by atoms with E-state index in [1.165, 1.54) is 0 Å². The number of hydrogen-bond acceptors (Lipinski definition) is 6. The molecule has 1 spiro atoms. The summed E-state index contributed by atoms with van der Waals surface area (Å²) in [4.78, 5) is 44.5. The summed E-state index contributed by atoms with van der Waals surface area (Å²) in [6.45, 7) is 13.0. The average molecular weight is 491 g/mol. The first kappa shape index (κ1) is 27.4. The van der Waals surface area contributed by atoms with Crippen LogP contribution in [0, 0.1) is 11.8 Å². The van der Waals surface area contributed by atoms with Crippen LogP contribution in [0.5, 0.6) is 0 Å². The van der Waals surface area contributed by atoms with Gasteiger partial charge in [-0.15, -0.1) is 13.2 Å². The molecule has 3 rings (SSSR count). The second-order valence-corrected chi connectivity index (χ2v) is 10.2. The van der Waals surface area contributed by atoms with Gasteiger partial charge in [0.25, 0.3) is 0 Å². The Balaban J connectivity index is 1.94. The van der Waals surface area contributed by atoms with Gasteiger partial charge in [0.15, 0.2) is 0 Å². The summed E-state index contributed by atoms with van der Waals surface area (Å²) in [6, 6.07) is -0.795. The minimum Gasteiger partial charge on any atom is -0.465 e. The van der Waals surface area contributed by atoms with Crippen molar-refractivity contribution < 1.29 is 29.0 Å². The van der Waals surface area contributed by atoms with Gasteiger partial charge in [0, 0.05) is 26.2 Å². The molecular weight excluding hydrogens is 448 g/mol. The summed E-state index contributed by atoms with van der Waals surface area (Å²) >= 11 is 0. The molecular formula is C27H42N2O6. The van der Waals surface area contributed by atoms with Crippen molar-refractivity contribution in [1.82, 2.24) is 9.80 Å². The molecule has 0 aliphatic carbocycles. The van der Waals surface area contributed by atoms with Crippen LogP contribution >= 0.6 is 0 Å². The molecule has 3 heterocycles. The first-order valence-corrected chi connectivity index (χ1v) is 13.1. The van der Waals surface area contributed by atoms with Crippen molar-refractivity contribution in [1.29, 1.82) is 0 Å². The first-order chi connectivity index (χ1) is 16.8. The van der Waals surface area contributed by atoms with Crippen molar-refractivity contribution in [3.63, 3.8) is 0 Å². The fourth-order valence-corrected chi connectivity index (χ4v) is 6.16. The molecule has 3 fully saturated rings. The molecule has 3 aliphatic rings. The van der Waals surface area contributed by atoms with Gasteiger partial charge in [0.2, 0.25) is 11.8 Å². The van der Waals surface area contributed by atoms with Crippen LogP contribution in [-0.4, -0.2) is 82.8 Å². The zero-order chi connectivity index (χ0) is 25.6. The van der Waals surface area contributed by atoms with Crippen LogP contribution in [0.4, 0.5) is 0 Å². The molecule has 8 heteroatoms. The highest BCUT2D eigenvalue weighted by Gasteiger charge is 2.78. The molecule has 2 amide bonds. The van der Waals surface area contributed by atoms with Gasteiger partial charge in [-0.3, -0.25) is 14.4 Å². The lowest BCUT2D eigenvalue weighted by molar-refractivity contribution is -0.160. The number of esters is 1. The fourth-order valence-electron chi connectivity index (χ4n) is 6.16. The molecule has 2 bridgehead atoms. The molecule has 35 heavy (non-hydrogen) atoms. The van der Waals surface area contributed by atoms with Crippen LogP contribution in [0.25, 0.3) is 0 Å². The van der Waals surface area contributed by atoms with E-state index in [0.29, 0.717) is 51.7 Å². The van der Waals surface area contributed by atoms with E-state index in [4.69, 9.17) is 9.47 Å². The number of aliphatic hydroxyl groups excluding tert-OH is 1. The van der Waals surface area contributed by atoms with E-state index in [2.05, 4.69) is 20.1 Å². The van der Waals surface area contributed by atoms with Gasteiger partial charge in [0.1, 0.15) is 17.6 Å². The Hall–Kier alpha value is -2.19. The summed E-state index contributed by atoms with van der Waals surface area (Å²) in [6.07, 6.45) is 8.91. The predicted octanol–water partition coefficient (Wildman–Crippen LogP) is 2.85. The second-order valence-electron chi connectivity index (χ2n) is 10.2. The zero-order valence-corrected chi connectivity index (χ0v) is 21.4. The lowest BCUT2D eigenvalue weighted by Gasteiger charge is -2.36. The Labute approximate surface area is 209 Å². The number of nitrogens with zero attached hydrogens (tertiary/aromatic N) is 2. The Morgan fingerprint density at radius 3 is 2.66 bits per heavy atom. The average Bonchev–Trinajstić information content (AvgIpc) is 3.40. The molecule has 0 radical (unpaired) electrons. The van der Waals surface area contributed by atoms with Gasteiger partial charge in [-0.1, -0.05) is 25.5 Å². The van der Waals surface area contributed by atoms with Gasteiger partial charge in [-0.25, -0.2) is 0 Å². The van der Waals surface area contributed by atoms with Crippen LogP contribution in [0.2, 0.25) is 0 Å². The minimum absolute atomic E-state index is 0.0164. The maximum atomic E-state index is 14.0. The van der Waals surface area contributed by atoms with Gasteiger partial charge in [-0.05, 0) is 51.9 Å². The first-order valence-electron chi connectivity index (χ1n) is 13.1. The van der Waals surface area contributed by atoms with Crippen molar-refractivity contribution in [3.8, 4) is 0 Å². The zero-order valence-electron chi connectivity index (χ0n) is 21.4. The Kier molecular flexibility index (Phi) is 9.16. The molecule has 0 aromatic heterocycles. The van der Waals surface area contributed by atoms with Crippen molar-refractivity contribution in [3.05, 3.63) is 25.3 Å². The highest BCUT2D eigenvalue weighted by atomic mass is 16.6. The summed E-state index contributed by atoms with van der Waals surface area (Å²) in [5.74, 6) is -2.27. The molecule has 2 unspecified atom stereocenters. The molecule has 0 aromatic carbocycles. The number of likely N-dealkylation sites (tertiary alicyclic amines) is 1. The Bertz CT molecular complexity index is 815. The highest BCUT2D eigenvalue weighted by molar-refractivity contribution is 5.98. The molecule has 3 saturated heterocycles. The third-order valence-corrected chi connectivity index (χ3v) is 7.81. The third kappa shape index (κ3) is 5.05. The Morgan fingerprint density at radius 1 is 1.23 bits per heavy atom. The lowest BCUT2D eigenvalue weighted by atomic mass is 9.66. The number of allylic oxidation sites excluding steroid dienone is 1. The van der Waals surface area contributed by atoms with Gasteiger partial charge in [-0.2, -0.15) is 0 Å². The van der Waals surface area contributed by atoms with E-state index in [9.17, 15) is 19.5 Å². The SMILES string of the molecule is C=CCCCOC(=O)[C@H]1[C@H]2C(=O)N(CCCCO)C(C(=O)N(CC=C)CCCC)C23CC[C@]1(C)O3. The number of carbonyl (C=O) groups is 3. The smallest absolute Gasteiger partial charge is 0.312 e. The van der Waals surface area contributed by atoms with E-state index in [0.717, 1.165) is 19.3 Å². The van der Waals surface area contributed by atoms with Crippen LogP contribution in [-0.2, 0) is 23.9 Å². The summed E-state index contributed by atoms with van der Waals surface area (Å²) in [5.41, 5.74) is -1.88. The monoisotopic (exact) mass is 490 g/mol. The number of ether oxygens (including phenoxy) is 2. The van der Waals surface area contributed by atoms with Crippen LogP contribution in [0.3, 0.4) is 0 Å². The normalized spacial score (nSPS) is 30.9. The number of unbranched alkanes of at least 4 members (excludes halogenated alkanes) is 3. The Morgan fingerprint density at radius 2 is 2.00 bits per heavy atom. The van der Waals surface area contributed by atoms with E-state index >= 15 is 0 Å². The summed E-state index contributed by atoms with van der Waals surface area (Å²) < 4.78 is 12.2. The highest BCUT2D eigenvalue weighted by Crippen LogP contribution is 2.63. The molecule has 8 nitrogen and oxygen atoms in total. The molecule has 1 N–H and O–H groups in total. The summed E-state index contributed by atoms with van der Waals surface area (Å²) in [7, 11) is 0. The molecule has 5 atom stereocenters. The van der Waals surface area contributed by atoms with Gasteiger partial charge in [0.05, 0.1) is 18.1 Å². The van der Waals surface area contributed by atoms with Crippen molar-refractivity contribution >= 4 is 17.8 Å². The van der Waals surface area contributed by atoms with E-state index < -0.39 is 35.0 Å². The molecule has 196 valence electrons. The fraction of sp³-hybridized carbons (Fsp3) is 0.741. The van der Waals surface area contributed by atoms with Crippen LogP contribution < -0.4 is 0 Å².